The third-order valence-electron chi connectivity index (χ3n) is 4.16. The van der Waals surface area contributed by atoms with Crippen LogP contribution in [0.3, 0.4) is 0 Å². The Morgan fingerprint density at radius 1 is 1.43 bits per heavy atom. The summed E-state index contributed by atoms with van der Waals surface area (Å²) >= 11 is 0. The van der Waals surface area contributed by atoms with Crippen LogP contribution in [-0.2, 0) is 27.3 Å². The van der Waals surface area contributed by atoms with E-state index in [0.717, 1.165) is 11.4 Å². The molecular weight excluding hydrogens is 276 g/mol. The molecular formula is C13H18N4O4. The van der Waals surface area contributed by atoms with E-state index in [4.69, 9.17) is 4.74 Å². The number of nitrogens with zero attached hydrogens (tertiary/aromatic N) is 1. The van der Waals surface area contributed by atoms with Crippen molar-refractivity contribution in [3.05, 3.63) is 17.7 Å². The first-order valence-electron chi connectivity index (χ1n) is 6.98. The van der Waals surface area contributed by atoms with Crippen LogP contribution in [0, 0.1) is 0 Å². The Morgan fingerprint density at radius 2 is 2.19 bits per heavy atom. The molecule has 3 rings (SSSR count). The second-order valence-electron chi connectivity index (χ2n) is 5.45. The molecule has 0 aromatic carbocycles. The van der Waals surface area contributed by atoms with Crippen LogP contribution in [-0.4, -0.2) is 51.7 Å². The van der Waals surface area contributed by atoms with Gasteiger partial charge in [-0.1, -0.05) is 0 Å². The SMILES string of the molecule is O=C(NC1(C(=O)O)CCOCC1)C1Cc2nc[nH]c2CN1. The van der Waals surface area contributed by atoms with Crippen LogP contribution in [0.2, 0.25) is 0 Å². The van der Waals surface area contributed by atoms with E-state index in [-0.39, 0.29) is 18.7 Å². The van der Waals surface area contributed by atoms with Crippen LogP contribution in [0.1, 0.15) is 24.2 Å². The van der Waals surface area contributed by atoms with E-state index < -0.39 is 17.6 Å². The number of carbonyl (C=O) groups excluding carboxylic acids is 1. The molecule has 1 saturated heterocycles. The summed E-state index contributed by atoms with van der Waals surface area (Å²) in [6.07, 6.45) is 2.63. The fraction of sp³-hybridized carbons (Fsp3) is 0.615. The Hall–Kier alpha value is -1.93. The Bertz CT molecular complexity index is 550. The highest BCUT2D eigenvalue weighted by Crippen LogP contribution is 2.22. The molecule has 0 saturated carbocycles. The number of nitrogens with one attached hydrogen (secondary N) is 3. The Balaban J connectivity index is 1.69. The zero-order valence-electron chi connectivity index (χ0n) is 11.5. The number of fused-ring (bicyclic) bond motifs is 1. The summed E-state index contributed by atoms with van der Waals surface area (Å²) in [7, 11) is 0. The second-order valence-corrected chi connectivity index (χ2v) is 5.45. The number of carbonyl (C=O) groups is 2. The van der Waals surface area contributed by atoms with Crippen LogP contribution >= 0.6 is 0 Å². The quantitative estimate of drug-likeness (QED) is 0.578. The highest BCUT2D eigenvalue weighted by molar-refractivity contribution is 5.90. The zero-order chi connectivity index (χ0) is 14.9. The predicted molar refractivity (Wildman–Crippen MR) is 71.5 cm³/mol. The number of carboxylic acid groups (broad SMARTS) is 1. The van der Waals surface area contributed by atoms with Crippen molar-refractivity contribution in [2.24, 2.45) is 0 Å². The molecule has 0 aliphatic carbocycles. The lowest BCUT2D eigenvalue weighted by Gasteiger charge is -2.35. The van der Waals surface area contributed by atoms with E-state index in [1.54, 1.807) is 6.33 Å². The Labute approximate surface area is 121 Å². The summed E-state index contributed by atoms with van der Waals surface area (Å²) in [5.41, 5.74) is 0.603. The molecule has 1 unspecified atom stereocenters. The molecule has 2 aliphatic heterocycles. The van der Waals surface area contributed by atoms with Crippen LogP contribution < -0.4 is 10.6 Å². The minimum atomic E-state index is -1.22. The van der Waals surface area contributed by atoms with Crippen molar-refractivity contribution in [2.45, 2.75) is 37.4 Å². The van der Waals surface area contributed by atoms with Gasteiger partial charge in [0.1, 0.15) is 5.54 Å². The molecule has 1 aromatic heterocycles. The van der Waals surface area contributed by atoms with E-state index in [9.17, 15) is 14.7 Å². The van der Waals surface area contributed by atoms with E-state index in [1.165, 1.54) is 0 Å². The van der Waals surface area contributed by atoms with Crippen LogP contribution in [0.4, 0.5) is 0 Å². The number of carboxylic acids is 1. The van der Waals surface area contributed by atoms with Gasteiger partial charge in [-0.15, -0.1) is 0 Å². The van der Waals surface area contributed by atoms with Gasteiger partial charge in [0.2, 0.25) is 5.91 Å². The predicted octanol–water partition coefficient (Wildman–Crippen LogP) is -0.826. The first-order valence-corrected chi connectivity index (χ1v) is 6.98. The van der Waals surface area contributed by atoms with Gasteiger partial charge in [0.15, 0.2) is 0 Å². The van der Waals surface area contributed by atoms with Gasteiger partial charge in [0.05, 0.1) is 23.8 Å². The number of amides is 1. The van der Waals surface area contributed by atoms with Gasteiger partial charge in [-0.05, 0) is 0 Å². The third-order valence-corrected chi connectivity index (χ3v) is 4.16. The van der Waals surface area contributed by atoms with Crippen molar-refractivity contribution < 1.29 is 19.4 Å². The molecule has 0 spiro atoms. The monoisotopic (exact) mass is 294 g/mol. The number of aromatic nitrogens is 2. The molecule has 1 amide bonds. The highest BCUT2D eigenvalue weighted by Gasteiger charge is 2.43. The summed E-state index contributed by atoms with van der Waals surface area (Å²) < 4.78 is 5.19. The van der Waals surface area contributed by atoms with Gasteiger partial charge in [0.25, 0.3) is 0 Å². The van der Waals surface area contributed by atoms with Crippen molar-refractivity contribution >= 4 is 11.9 Å². The maximum Gasteiger partial charge on any atom is 0.329 e. The molecule has 8 nitrogen and oxygen atoms in total. The van der Waals surface area contributed by atoms with Gasteiger partial charge >= 0.3 is 5.97 Å². The van der Waals surface area contributed by atoms with Gasteiger partial charge < -0.3 is 20.1 Å². The van der Waals surface area contributed by atoms with Crippen molar-refractivity contribution in [3.63, 3.8) is 0 Å². The number of aliphatic carboxylic acids is 1. The summed E-state index contributed by atoms with van der Waals surface area (Å²) in [6.45, 7) is 1.21. The summed E-state index contributed by atoms with van der Waals surface area (Å²) in [4.78, 5) is 31.1. The minimum absolute atomic E-state index is 0.286. The van der Waals surface area contributed by atoms with Gasteiger partial charge in [-0.2, -0.15) is 0 Å². The number of ether oxygens (including phenoxy) is 1. The van der Waals surface area contributed by atoms with Gasteiger partial charge in [-0.3, -0.25) is 10.1 Å². The number of hydrogen-bond acceptors (Lipinski definition) is 5. The molecule has 4 N–H and O–H groups in total. The maximum atomic E-state index is 12.4. The number of hydrogen-bond donors (Lipinski definition) is 4. The lowest BCUT2D eigenvalue weighted by Crippen LogP contribution is -2.61. The molecule has 1 atom stereocenters. The fourth-order valence-electron chi connectivity index (χ4n) is 2.79. The topological polar surface area (TPSA) is 116 Å². The van der Waals surface area contributed by atoms with E-state index in [2.05, 4.69) is 20.6 Å². The fourth-order valence-corrected chi connectivity index (χ4v) is 2.79. The van der Waals surface area contributed by atoms with Crippen LogP contribution in [0.15, 0.2) is 6.33 Å². The van der Waals surface area contributed by atoms with Crippen molar-refractivity contribution in [2.75, 3.05) is 13.2 Å². The van der Waals surface area contributed by atoms with Crippen LogP contribution in [0.5, 0.6) is 0 Å². The molecule has 0 radical (unpaired) electrons. The molecule has 3 heterocycles. The Morgan fingerprint density at radius 3 is 2.90 bits per heavy atom. The minimum Gasteiger partial charge on any atom is -0.480 e. The number of rotatable bonds is 3. The standard InChI is InChI=1S/C13H18N4O4/c18-11(9-5-8-10(6-14-9)16-7-15-8)17-13(12(19)20)1-3-21-4-2-13/h7,9,14H,1-6H2,(H,15,16)(H,17,18)(H,19,20). The maximum absolute atomic E-state index is 12.4. The zero-order valence-corrected chi connectivity index (χ0v) is 11.5. The van der Waals surface area contributed by atoms with Crippen LogP contribution in [0.25, 0.3) is 0 Å². The normalized spacial score (nSPS) is 24.1. The third kappa shape index (κ3) is 2.64. The molecule has 1 fully saturated rings. The lowest BCUT2D eigenvalue weighted by molar-refractivity contribution is -0.152. The number of aromatic amines is 1. The van der Waals surface area contributed by atoms with Crippen molar-refractivity contribution in [1.82, 2.24) is 20.6 Å². The second kappa shape index (κ2) is 5.45. The number of H-pyrrole nitrogens is 1. The van der Waals surface area contributed by atoms with E-state index in [0.29, 0.717) is 26.2 Å². The van der Waals surface area contributed by atoms with Gasteiger partial charge in [-0.25, -0.2) is 9.78 Å². The highest BCUT2D eigenvalue weighted by atomic mass is 16.5. The average molecular weight is 294 g/mol. The average Bonchev–Trinajstić information content (AvgIpc) is 2.95. The molecule has 8 heteroatoms. The van der Waals surface area contributed by atoms with E-state index >= 15 is 0 Å². The summed E-state index contributed by atoms with van der Waals surface area (Å²) in [6, 6.07) is -0.458. The Kier molecular flexibility index (Phi) is 3.64. The van der Waals surface area contributed by atoms with Crippen molar-refractivity contribution in [3.8, 4) is 0 Å². The molecule has 1 aromatic rings. The van der Waals surface area contributed by atoms with E-state index in [1.807, 2.05) is 0 Å². The molecule has 21 heavy (non-hydrogen) atoms. The lowest BCUT2D eigenvalue weighted by atomic mass is 9.89. The number of imidazole rings is 1. The molecule has 114 valence electrons. The molecule has 0 bridgehead atoms. The van der Waals surface area contributed by atoms with Crippen molar-refractivity contribution in [1.29, 1.82) is 0 Å². The summed E-state index contributed by atoms with van der Waals surface area (Å²) in [5.74, 6) is -1.30. The molecule has 2 aliphatic rings. The first-order chi connectivity index (χ1) is 10.1. The smallest absolute Gasteiger partial charge is 0.329 e. The summed E-state index contributed by atoms with van der Waals surface area (Å²) in [5, 5.41) is 15.3. The largest absolute Gasteiger partial charge is 0.480 e. The van der Waals surface area contributed by atoms with Gasteiger partial charge in [0, 0.05) is 39.0 Å². The first kappa shape index (κ1) is 14.0.